The van der Waals surface area contributed by atoms with Crippen LogP contribution in [0.3, 0.4) is 0 Å². The lowest BCUT2D eigenvalue weighted by molar-refractivity contribution is -0.134. The van der Waals surface area contributed by atoms with E-state index in [4.69, 9.17) is 0 Å². The van der Waals surface area contributed by atoms with Gasteiger partial charge in [0.2, 0.25) is 0 Å². The summed E-state index contributed by atoms with van der Waals surface area (Å²) in [6.07, 6.45) is 6.81. The molecule has 0 N–H and O–H groups in total. The second-order valence-corrected chi connectivity index (χ2v) is 4.26. The van der Waals surface area contributed by atoms with Gasteiger partial charge in [-0.2, -0.15) is 0 Å². The Morgan fingerprint density at radius 3 is 2.68 bits per heavy atom. The van der Waals surface area contributed by atoms with Gasteiger partial charge in [-0.25, -0.2) is 9.78 Å². The molecule has 2 rings (SSSR count). The largest absolute Gasteiger partial charge is 0.466 e. The number of aromatic nitrogens is 2. The quantitative estimate of drug-likeness (QED) is 0.623. The van der Waals surface area contributed by atoms with Crippen molar-refractivity contribution in [1.29, 1.82) is 0 Å². The predicted molar refractivity (Wildman–Crippen MR) is 73.6 cm³/mol. The zero-order valence-electron chi connectivity index (χ0n) is 11.0. The van der Waals surface area contributed by atoms with Gasteiger partial charge >= 0.3 is 5.97 Å². The van der Waals surface area contributed by atoms with Crippen molar-refractivity contribution in [3.05, 3.63) is 59.7 Å². The first kappa shape index (κ1) is 13.1. The van der Waals surface area contributed by atoms with Crippen molar-refractivity contribution in [1.82, 2.24) is 9.55 Å². The van der Waals surface area contributed by atoms with Gasteiger partial charge in [0, 0.05) is 24.5 Å². The van der Waals surface area contributed by atoms with E-state index in [1.165, 1.54) is 18.7 Å². The molecule has 0 saturated heterocycles. The first-order chi connectivity index (χ1) is 9.19. The lowest BCUT2D eigenvalue weighted by Gasteiger charge is -2.05. The van der Waals surface area contributed by atoms with Gasteiger partial charge in [-0.15, -0.1) is 0 Å². The van der Waals surface area contributed by atoms with Gasteiger partial charge in [-0.1, -0.05) is 24.3 Å². The Bertz CT molecular complexity index is 582. The Hall–Kier alpha value is -2.36. The number of carbonyl (C=O) groups is 1. The van der Waals surface area contributed by atoms with Crippen LogP contribution in [0.1, 0.15) is 16.8 Å². The van der Waals surface area contributed by atoms with E-state index in [-0.39, 0.29) is 5.97 Å². The van der Waals surface area contributed by atoms with E-state index in [1.54, 1.807) is 6.08 Å². The Labute approximate surface area is 112 Å². The molecule has 4 nitrogen and oxygen atoms in total. The number of rotatable bonds is 4. The summed E-state index contributed by atoms with van der Waals surface area (Å²) in [5.74, 6) is -0.349. The molecule has 0 unspecified atom stereocenters. The fraction of sp³-hybridized carbons (Fsp3) is 0.200. The molecule has 0 spiro atoms. The minimum atomic E-state index is -0.349. The maximum absolute atomic E-state index is 11.0. The van der Waals surface area contributed by atoms with Crippen molar-refractivity contribution in [2.45, 2.75) is 13.5 Å². The summed E-state index contributed by atoms with van der Waals surface area (Å²) in [6.45, 7) is 2.83. The fourth-order valence-corrected chi connectivity index (χ4v) is 1.72. The van der Waals surface area contributed by atoms with Gasteiger partial charge in [0.05, 0.1) is 13.4 Å². The Morgan fingerprint density at radius 2 is 2.11 bits per heavy atom. The standard InChI is InChI=1S/C15H16N2O2/c1-12-9-16-11-17(12)10-14-5-3-13(4-6-14)7-8-15(18)19-2/h3-9,11H,10H2,1-2H3. The van der Waals surface area contributed by atoms with Crippen molar-refractivity contribution in [2.24, 2.45) is 0 Å². The van der Waals surface area contributed by atoms with Gasteiger partial charge in [-0.3, -0.25) is 0 Å². The van der Waals surface area contributed by atoms with E-state index >= 15 is 0 Å². The lowest BCUT2D eigenvalue weighted by Crippen LogP contribution is -1.99. The molecule has 4 heteroatoms. The highest BCUT2D eigenvalue weighted by molar-refractivity contribution is 5.86. The highest BCUT2D eigenvalue weighted by Crippen LogP contribution is 2.09. The van der Waals surface area contributed by atoms with Crippen molar-refractivity contribution in [2.75, 3.05) is 7.11 Å². The first-order valence-electron chi connectivity index (χ1n) is 6.01. The molecular formula is C15H16N2O2. The average Bonchev–Trinajstić information content (AvgIpc) is 2.83. The number of aryl methyl sites for hydroxylation is 1. The number of nitrogens with zero attached hydrogens (tertiary/aromatic N) is 2. The maximum atomic E-state index is 11.0. The second-order valence-electron chi connectivity index (χ2n) is 4.26. The number of esters is 1. The highest BCUT2D eigenvalue weighted by atomic mass is 16.5. The van der Waals surface area contributed by atoms with E-state index in [0.717, 1.165) is 17.8 Å². The minimum Gasteiger partial charge on any atom is -0.466 e. The van der Waals surface area contributed by atoms with E-state index < -0.39 is 0 Å². The number of benzene rings is 1. The molecule has 0 fully saturated rings. The lowest BCUT2D eigenvalue weighted by atomic mass is 10.1. The zero-order chi connectivity index (χ0) is 13.7. The molecule has 0 aliphatic rings. The van der Waals surface area contributed by atoms with Crippen LogP contribution in [0.4, 0.5) is 0 Å². The molecule has 0 saturated carbocycles. The van der Waals surface area contributed by atoms with Gasteiger partial charge < -0.3 is 9.30 Å². The molecule has 2 aromatic rings. The molecule has 0 aliphatic carbocycles. The predicted octanol–water partition coefficient (Wildman–Crippen LogP) is 2.43. The van der Waals surface area contributed by atoms with Gasteiger partial charge in [0.15, 0.2) is 0 Å². The molecule has 0 radical (unpaired) electrons. The summed E-state index contributed by atoms with van der Waals surface area (Å²) in [7, 11) is 1.36. The minimum absolute atomic E-state index is 0.349. The van der Waals surface area contributed by atoms with Crippen molar-refractivity contribution < 1.29 is 9.53 Å². The summed E-state index contributed by atoms with van der Waals surface area (Å²) in [6, 6.07) is 8.02. The van der Waals surface area contributed by atoms with Crippen LogP contribution < -0.4 is 0 Å². The Morgan fingerprint density at radius 1 is 1.37 bits per heavy atom. The molecule has 19 heavy (non-hydrogen) atoms. The van der Waals surface area contributed by atoms with Crippen LogP contribution in [-0.4, -0.2) is 22.6 Å². The van der Waals surface area contributed by atoms with Gasteiger partial charge in [0.25, 0.3) is 0 Å². The van der Waals surface area contributed by atoms with Crippen LogP contribution in [0, 0.1) is 6.92 Å². The van der Waals surface area contributed by atoms with Crippen LogP contribution in [0.15, 0.2) is 42.9 Å². The second kappa shape index (κ2) is 6.00. The molecule has 0 aliphatic heterocycles. The topological polar surface area (TPSA) is 44.1 Å². The van der Waals surface area contributed by atoms with Gasteiger partial charge in [0.1, 0.15) is 0 Å². The molecule has 0 amide bonds. The summed E-state index contributed by atoms with van der Waals surface area (Å²) in [5.41, 5.74) is 3.29. The van der Waals surface area contributed by atoms with Crippen LogP contribution in [0.5, 0.6) is 0 Å². The van der Waals surface area contributed by atoms with E-state index in [9.17, 15) is 4.79 Å². The molecule has 1 aromatic carbocycles. The third kappa shape index (κ3) is 3.55. The monoisotopic (exact) mass is 256 g/mol. The third-order valence-corrected chi connectivity index (χ3v) is 2.87. The van der Waals surface area contributed by atoms with E-state index in [2.05, 4.69) is 14.3 Å². The third-order valence-electron chi connectivity index (χ3n) is 2.87. The van der Waals surface area contributed by atoms with Crippen molar-refractivity contribution in [3.63, 3.8) is 0 Å². The molecule has 0 atom stereocenters. The normalized spacial score (nSPS) is 10.8. The summed E-state index contributed by atoms with van der Waals surface area (Å²) in [5, 5.41) is 0. The smallest absolute Gasteiger partial charge is 0.330 e. The number of imidazole rings is 1. The summed E-state index contributed by atoms with van der Waals surface area (Å²) >= 11 is 0. The Balaban J connectivity index is 2.04. The SMILES string of the molecule is COC(=O)C=Cc1ccc(Cn2cncc2C)cc1. The highest BCUT2D eigenvalue weighted by Gasteiger charge is 1.98. The maximum Gasteiger partial charge on any atom is 0.330 e. The average molecular weight is 256 g/mol. The number of ether oxygens (including phenoxy) is 1. The van der Waals surface area contributed by atoms with Crippen molar-refractivity contribution >= 4 is 12.0 Å². The van der Waals surface area contributed by atoms with Crippen LogP contribution in [-0.2, 0) is 16.1 Å². The Kier molecular flexibility index (Phi) is 4.13. The van der Waals surface area contributed by atoms with Crippen molar-refractivity contribution in [3.8, 4) is 0 Å². The first-order valence-corrected chi connectivity index (χ1v) is 6.01. The molecule has 1 heterocycles. The van der Waals surface area contributed by atoms with Crippen LogP contribution in [0.2, 0.25) is 0 Å². The number of hydrogen-bond donors (Lipinski definition) is 0. The van der Waals surface area contributed by atoms with Crippen LogP contribution in [0.25, 0.3) is 6.08 Å². The molecule has 98 valence electrons. The van der Waals surface area contributed by atoms with Gasteiger partial charge in [-0.05, 0) is 24.1 Å². The molecule has 0 bridgehead atoms. The molecular weight excluding hydrogens is 240 g/mol. The zero-order valence-corrected chi connectivity index (χ0v) is 11.0. The van der Waals surface area contributed by atoms with E-state index in [0.29, 0.717) is 0 Å². The summed E-state index contributed by atoms with van der Waals surface area (Å²) < 4.78 is 6.63. The fourth-order valence-electron chi connectivity index (χ4n) is 1.72. The van der Waals surface area contributed by atoms with Crippen LogP contribution >= 0.6 is 0 Å². The van der Waals surface area contributed by atoms with E-state index in [1.807, 2.05) is 43.7 Å². The number of hydrogen-bond acceptors (Lipinski definition) is 3. The summed E-state index contributed by atoms with van der Waals surface area (Å²) in [4.78, 5) is 15.1. The number of methoxy groups -OCH3 is 1. The molecule has 1 aromatic heterocycles. The number of carbonyl (C=O) groups excluding carboxylic acids is 1.